The van der Waals surface area contributed by atoms with Crippen molar-refractivity contribution in [1.29, 1.82) is 0 Å². The fourth-order valence-electron chi connectivity index (χ4n) is 2.10. The van der Waals surface area contributed by atoms with E-state index >= 15 is 0 Å². The molecule has 112 valence electrons. The van der Waals surface area contributed by atoms with Crippen molar-refractivity contribution in [2.75, 3.05) is 0 Å². The monoisotopic (exact) mass is 284 g/mol. The Hall–Kier alpha value is -1.64. The van der Waals surface area contributed by atoms with E-state index in [1.54, 1.807) is 0 Å². The van der Waals surface area contributed by atoms with E-state index in [2.05, 4.69) is 38.1 Å². The van der Waals surface area contributed by atoms with Gasteiger partial charge in [-0.3, -0.25) is 0 Å². The zero-order valence-corrected chi connectivity index (χ0v) is 12.9. The van der Waals surface area contributed by atoms with Crippen LogP contribution in [0.5, 0.6) is 0 Å². The molecule has 0 aromatic heterocycles. The Balaban J connectivity index is 1.85. The maximum absolute atomic E-state index is 5.94. The third kappa shape index (κ3) is 6.11. The van der Waals surface area contributed by atoms with Crippen LogP contribution in [0.3, 0.4) is 0 Å². The van der Waals surface area contributed by atoms with Gasteiger partial charge in [0.15, 0.2) is 6.29 Å². The van der Waals surface area contributed by atoms with E-state index in [-0.39, 0.29) is 6.29 Å². The molecule has 0 saturated carbocycles. The second kappa shape index (κ2) is 8.60. The zero-order valence-electron chi connectivity index (χ0n) is 12.9. The van der Waals surface area contributed by atoms with Crippen molar-refractivity contribution in [1.82, 2.24) is 0 Å². The van der Waals surface area contributed by atoms with Crippen LogP contribution in [0.1, 0.15) is 31.4 Å². The predicted octanol–water partition coefficient (Wildman–Crippen LogP) is 4.79. The molecule has 0 heterocycles. The maximum atomic E-state index is 5.94. The third-order valence-corrected chi connectivity index (χ3v) is 3.22. The highest BCUT2D eigenvalue weighted by Crippen LogP contribution is 2.14. The Morgan fingerprint density at radius 2 is 1.14 bits per heavy atom. The zero-order chi connectivity index (χ0) is 14.9. The first-order chi connectivity index (χ1) is 10.2. The van der Waals surface area contributed by atoms with E-state index in [9.17, 15) is 0 Å². The lowest BCUT2D eigenvalue weighted by molar-refractivity contribution is -0.164. The topological polar surface area (TPSA) is 18.5 Å². The summed E-state index contributed by atoms with van der Waals surface area (Å²) in [4.78, 5) is 0. The molecule has 0 bridgehead atoms. The minimum Gasteiger partial charge on any atom is -0.348 e. The normalized spacial score (nSPS) is 11.2. The van der Waals surface area contributed by atoms with E-state index in [0.717, 1.165) is 6.42 Å². The van der Waals surface area contributed by atoms with Crippen LogP contribution in [-0.2, 0) is 22.7 Å². The Kier molecular flexibility index (Phi) is 6.45. The highest BCUT2D eigenvalue weighted by molar-refractivity contribution is 5.14. The molecule has 2 rings (SSSR count). The van der Waals surface area contributed by atoms with Crippen LogP contribution in [0.2, 0.25) is 0 Å². The van der Waals surface area contributed by atoms with Crippen LogP contribution >= 0.6 is 0 Å². The van der Waals surface area contributed by atoms with E-state index in [0.29, 0.717) is 19.1 Å². The van der Waals surface area contributed by atoms with Crippen LogP contribution < -0.4 is 0 Å². The Morgan fingerprint density at radius 3 is 1.52 bits per heavy atom. The van der Waals surface area contributed by atoms with Gasteiger partial charge in [-0.1, -0.05) is 74.5 Å². The van der Waals surface area contributed by atoms with E-state index in [1.165, 1.54) is 11.1 Å². The molecule has 0 amide bonds. The summed E-state index contributed by atoms with van der Waals surface area (Å²) in [7, 11) is 0. The molecule has 0 radical (unpaired) electrons. The molecule has 2 heteroatoms. The van der Waals surface area contributed by atoms with Gasteiger partial charge in [-0.25, -0.2) is 0 Å². The molecule has 21 heavy (non-hydrogen) atoms. The molecule has 0 aliphatic rings. The van der Waals surface area contributed by atoms with Gasteiger partial charge < -0.3 is 9.47 Å². The van der Waals surface area contributed by atoms with Crippen molar-refractivity contribution in [2.24, 2.45) is 5.92 Å². The minimum atomic E-state index is -0.162. The molecule has 0 unspecified atom stereocenters. The van der Waals surface area contributed by atoms with Crippen molar-refractivity contribution < 1.29 is 9.47 Å². The van der Waals surface area contributed by atoms with Gasteiger partial charge in [0, 0.05) is 6.42 Å². The summed E-state index contributed by atoms with van der Waals surface area (Å²) in [6.07, 6.45) is 0.741. The van der Waals surface area contributed by atoms with Crippen LogP contribution in [0.15, 0.2) is 60.7 Å². The lowest BCUT2D eigenvalue weighted by Crippen LogP contribution is -2.19. The molecule has 0 spiro atoms. The van der Waals surface area contributed by atoms with Gasteiger partial charge in [0.1, 0.15) is 0 Å². The predicted molar refractivity (Wildman–Crippen MR) is 85.7 cm³/mol. The SMILES string of the molecule is CC(C)CC(OCc1ccccc1)OCc1ccccc1. The lowest BCUT2D eigenvalue weighted by Gasteiger charge is -2.20. The molecule has 0 fully saturated rings. The van der Waals surface area contributed by atoms with Crippen LogP contribution in [-0.4, -0.2) is 6.29 Å². The van der Waals surface area contributed by atoms with Crippen LogP contribution in [0, 0.1) is 5.92 Å². The Morgan fingerprint density at radius 1 is 0.714 bits per heavy atom. The highest BCUT2D eigenvalue weighted by atomic mass is 16.7. The summed E-state index contributed by atoms with van der Waals surface area (Å²) in [6.45, 7) is 5.55. The van der Waals surface area contributed by atoms with Crippen molar-refractivity contribution in [2.45, 2.75) is 39.8 Å². The Bertz CT molecular complexity index is 450. The number of rotatable bonds is 8. The van der Waals surface area contributed by atoms with Crippen molar-refractivity contribution in [3.63, 3.8) is 0 Å². The Labute approximate surface area is 127 Å². The van der Waals surface area contributed by atoms with Gasteiger partial charge in [0.05, 0.1) is 13.2 Å². The van der Waals surface area contributed by atoms with E-state index in [1.807, 2.05) is 36.4 Å². The molecule has 2 aromatic carbocycles. The first kappa shape index (κ1) is 15.7. The van der Waals surface area contributed by atoms with Crippen LogP contribution in [0.4, 0.5) is 0 Å². The molecule has 2 aromatic rings. The van der Waals surface area contributed by atoms with Gasteiger partial charge in [-0.15, -0.1) is 0 Å². The number of benzene rings is 2. The van der Waals surface area contributed by atoms with Gasteiger partial charge in [0.2, 0.25) is 0 Å². The minimum absolute atomic E-state index is 0.162. The van der Waals surface area contributed by atoms with Crippen molar-refractivity contribution in [3.05, 3.63) is 71.8 Å². The average Bonchev–Trinajstić information content (AvgIpc) is 2.51. The summed E-state index contributed by atoms with van der Waals surface area (Å²) < 4.78 is 11.9. The van der Waals surface area contributed by atoms with Gasteiger partial charge in [-0.2, -0.15) is 0 Å². The first-order valence-corrected chi connectivity index (χ1v) is 7.55. The maximum Gasteiger partial charge on any atom is 0.158 e. The van der Waals surface area contributed by atoms with Gasteiger partial charge in [0.25, 0.3) is 0 Å². The largest absolute Gasteiger partial charge is 0.348 e. The summed E-state index contributed by atoms with van der Waals surface area (Å²) in [5.74, 6) is 0.543. The van der Waals surface area contributed by atoms with E-state index in [4.69, 9.17) is 9.47 Å². The molecular weight excluding hydrogens is 260 g/mol. The second-order valence-corrected chi connectivity index (χ2v) is 5.65. The van der Waals surface area contributed by atoms with E-state index < -0.39 is 0 Å². The summed E-state index contributed by atoms with van der Waals surface area (Å²) in [5.41, 5.74) is 2.35. The molecule has 0 saturated heterocycles. The molecule has 0 aliphatic heterocycles. The first-order valence-electron chi connectivity index (χ1n) is 7.55. The molecule has 0 aliphatic carbocycles. The summed E-state index contributed by atoms with van der Waals surface area (Å²) in [6, 6.07) is 20.4. The quantitative estimate of drug-likeness (QED) is 0.649. The van der Waals surface area contributed by atoms with Crippen LogP contribution in [0.25, 0.3) is 0 Å². The second-order valence-electron chi connectivity index (χ2n) is 5.65. The molecule has 0 N–H and O–H groups in total. The smallest absolute Gasteiger partial charge is 0.158 e. The van der Waals surface area contributed by atoms with Crippen molar-refractivity contribution in [3.8, 4) is 0 Å². The fraction of sp³-hybridized carbons (Fsp3) is 0.368. The number of ether oxygens (including phenoxy) is 2. The number of hydrogen-bond donors (Lipinski definition) is 0. The standard InChI is InChI=1S/C19H24O2/c1-16(2)13-19(20-14-17-9-5-3-6-10-17)21-15-18-11-7-4-8-12-18/h3-12,16,19H,13-15H2,1-2H3. The summed E-state index contributed by atoms with van der Waals surface area (Å²) >= 11 is 0. The molecule has 0 atom stereocenters. The third-order valence-electron chi connectivity index (χ3n) is 3.22. The fourth-order valence-corrected chi connectivity index (χ4v) is 2.10. The van der Waals surface area contributed by atoms with Gasteiger partial charge in [-0.05, 0) is 17.0 Å². The average molecular weight is 284 g/mol. The highest BCUT2D eigenvalue weighted by Gasteiger charge is 2.12. The lowest BCUT2D eigenvalue weighted by atomic mass is 10.1. The molecule has 2 nitrogen and oxygen atoms in total. The number of hydrogen-bond acceptors (Lipinski definition) is 2. The van der Waals surface area contributed by atoms with Gasteiger partial charge >= 0.3 is 0 Å². The molecular formula is C19H24O2. The summed E-state index contributed by atoms with van der Waals surface area (Å²) in [5, 5.41) is 0. The van der Waals surface area contributed by atoms with Crippen molar-refractivity contribution >= 4 is 0 Å².